The number of hydrogen-bond acceptors (Lipinski definition) is 1. The molecule has 0 amide bonds. The number of fused-ring (bicyclic) bond motifs is 1. The number of aromatic amines is 1. The normalized spacial score (nSPS) is 10.6. The number of hydrogen-bond donors (Lipinski definition) is 1. The van der Waals surface area contributed by atoms with Crippen molar-refractivity contribution in [1.82, 2.24) is 5.10 Å². The van der Waals surface area contributed by atoms with E-state index in [1.54, 1.807) is 11.7 Å². The molecule has 1 aromatic carbocycles. The number of aromatic nitrogens is 2. The Bertz CT molecular complexity index is 518. The van der Waals surface area contributed by atoms with E-state index in [1.165, 1.54) is 6.20 Å². The predicted octanol–water partition coefficient (Wildman–Crippen LogP) is 1.12. The quantitative estimate of drug-likeness (QED) is 0.688. The van der Waals surface area contributed by atoms with Crippen LogP contribution in [0.3, 0.4) is 0 Å². The van der Waals surface area contributed by atoms with Crippen LogP contribution in [0.4, 0.5) is 0 Å². The van der Waals surface area contributed by atoms with Gasteiger partial charge in [-0.05, 0) is 18.2 Å². The molecule has 1 N–H and O–H groups in total. The highest BCUT2D eigenvalue weighted by Crippen LogP contribution is 2.13. The van der Waals surface area contributed by atoms with E-state index in [4.69, 9.17) is 0 Å². The second-order valence-electron chi connectivity index (χ2n) is 2.91. The van der Waals surface area contributed by atoms with E-state index >= 15 is 0 Å². The van der Waals surface area contributed by atoms with E-state index in [1.807, 2.05) is 18.2 Å². The fourth-order valence-electron chi connectivity index (χ4n) is 1.29. The Morgan fingerprint density at radius 1 is 1.46 bits per heavy atom. The average molecular weight is 240 g/mol. The summed E-state index contributed by atoms with van der Waals surface area (Å²) in [6.45, 7) is 0. The number of H-pyrrole nitrogens is 1. The molecule has 2 aromatic rings. The van der Waals surface area contributed by atoms with Crippen LogP contribution in [0.5, 0.6) is 0 Å². The highest BCUT2D eigenvalue weighted by molar-refractivity contribution is 9.10. The molecule has 13 heavy (non-hydrogen) atoms. The second-order valence-corrected chi connectivity index (χ2v) is 3.82. The van der Waals surface area contributed by atoms with Crippen molar-refractivity contribution in [2.45, 2.75) is 0 Å². The summed E-state index contributed by atoms with van der Waals surface area (Å²) in [5.41, 5.74) is 0.871. The first kappa shape index (κ1) is 8.44. The topological polar surface area (TPSA) is 36.7 Å². The van der Waals surface area contributed by atoms with Crippen LogP contribution in [0.25, 0.3) is 10.9 Å². The fourth-order valence-corrected chi connectivity index (χ4v) is 1.65. The Morgan fingerprint density at radius 2 is 2.23 bits per heavy atom. The monoisotopic (exact) mass is 239 g/mol. The molecule has 0 bridgehead atoms. The molecule has 0 aliphatic carbocycles. The largest absolute Gasteiger partial charge is 0.282 e. The average Bonchev–Trinajstić information content (AvgIpc) is 2.06. The maximum atomic E-state index is 11.5. The number of halogens is 1. The molecule has 66 valence electrons. The molecular formula is C9H8BrN2O+. The van der Waals surface area contributed by atoms with Gasteiger partial charge < -0.3 is 0 Å². The van der Waals surface area contributed by atoms with Crippen LogP contribution in [0.1, 0.15) is 0 Å². The van der Waals surface area contributed by atoms with Gasteiger partial charge in [0.1, 0.15) is 5.52 Å². The van der Waals surface area contributed by atoms with Gasteiger partial charge in [-0.3, -0.25) is 4.79 Å². The molecule has 1 aromatic heterocycles. The van der Waals surface area contributed by atoms with Crippen molar-refractivity contribution >= 4 is 26.8 Å². The Labute approximate surface area is 83.1 Å². The summed E-state index contributed by atoms with van der Waals surface area (Å²) >= 11 is 3.33. The van der Waals surface area contributed by atoms with Crippen molar-refractivity contribution < 1.29 is 4.68 Å². The van der Waals surface area contributed by atoms with Gasteiger partial charge in [0.05, 0.1) is 5.39 Å². The predicted molar refractivity (Wildman–Crippen MR) is 53.4 cm³/mol. The maximum absolute atomic E-state index is 11.5. The molecule has 1 heterocycles. The summed E-state index contributed by atoms with van der Waals surface area (Å²) in [5.74, 6) is 0. The number of nitrogens with zero attached hydrogens (tertiary/aromatic N) is 1. The third-order valence-corrected chi connectivity index (χ3v) is 2.35. The lowest BCUT2D eigenvalue weighted by atomic mass is 10.2. The van der Waals surface area contributed by atoms with Gasteiger partial charge in [-0.15, -0.1) is 4.68 Å². The first-order valence-corrected chi connectivity index (χ1v) is 4.64. The second kappa shape index (κ2) is 2.96. The Morgan fingerprint density at radius 3 is 3.00 bits per heavy atom. The zero-order valence-electron chi connectivity index (χ0n) is 7.04. The first-order valence-electron chi connectivity index (χ1n) is 3.85. The maximum Gasteiger partial charge on any atom is 0.253 e. The van der Waals surface area contributed by atoms with Crippen molar-refractivity contribution in [2.24, 2.45) is 7.05 Å². The Balaban J connectivity index is 2.95. The lowest BCUT2D eigenvalue weighted by Gasteiger charge is -1.95. The van der Waals surface area contributed by atoms with E-state index in [0.29, 0.717) is 5.39 Å². The molecule has 0 saturated heterocycles. The smallest absolute Gasteiger partial charge is 0.253 e. The van der Waals surface area contributed by atoms with Crippen LogP contribution in [0.2, 0.25) is 0 Å². The highest BCUT2D eigenvalue weighted by atomic mass is 79.9. The van der Waals surface area contributed by atoms with E-state index in [0.717, 1.165) is 9.99 Å². The van der Waals surface area contributed by atoms with Gasteiger partial charge in [-0.25, -0.2) is 0 Å². The van der Waals surface area contributed by atoms with Crippen molar-refractivity contribution in [2.75, 3.05) is 0 Å². The summed E-state index contributed by atoms with van der Waals surface area (Å²) in [5, 5.41) is 3.75. The van der Waals surface area contributed by atoms with Crippen LogP contribution in [0, 0.1) is 0 Å². The van der Waals surface area contributed by atoms with E-state index in [9.17, 15) is 4.79 Å². The van der Waals surface area contributed by atoms with Gasteiger partial charge >= 0.3 is 0 Å². The van der Waals surface area contributed by atoms with Crippen LogP contribution in [0.15, 0.2) is 33.7 Å². The fraction of sp³-hybridized carbons (Fsp3) is 0.111. The number of nitrogens with one attached hydrogen (secondary N) is 1. The number of benzene rings is 1. The summed E-state index contributed by atoms with van der Waals surface area (Å²) in [7, 11) is 1.79. The third kappa shape index (κ3) is 1.49. The van der Waals surface area contributed by atoms with Crippen LogP contribution in [-0.2, 0) is 7.05 Å². The molecule has 0 spiro atoms. The molecule has 0 saturated carbocycles. The summed E-state index contributed by atoms with van der Waals surface area (Å²) < 4.78 is 2.57. The van der Waals surface area contributed by atoms with E-state index in [2.05, 4.69) is 21.0 Å². The summed E-state index contributed by atoms with van der Waals surface area (Å²) in [4.78, 5) is 11.5. The van der Waals surface area contributed by atoms with Crippen molar-refractivity contribution in [1.29, 1.82) is 0 Å². The number of rotatable bonds is 0. The minimum atomic E-state index is 0.0255. The number of aryl methyl sites for hydroxylation is 1. The molecule has 4 heteroatoms. The highest BCUT2D eigenvalue weighted by Gasteiger charge is 2.03. The lowest BCUT2D eigenvalue weighted by molar-refractivity contribution is -0.729. The summed E-state index contributed by atoms with van der Waals surface area (Å²) in [6, 6.07) is 5.59. The standard InChI is InChI=1S/C9H7BrN2O/c1-12-5-9(13)7-4-6(10)2-3-8(7)11-12/h2-5H,1H3/p+1. The molecule has 0 aliphatic rings. The molecule has 2 rings (SSSR count). The molecular weight excluding hydrogens is 232 g/mol. The van der Waals surface area contributed by atoms with Crippen LogP contribution < -0.4 is 10.1 Å². The molecule has 0 aliphatic heterocycles. The van der Waals surface area contributed by atoms with Gasteiger partial charge in [0.15, 0.2) is 7.05 Å². The van der Waals surface area contributed by atoms with Gasteiger partial charge in [0.2, 0.25) is 6.20 Å². The zero-order chi connectivity index (χ0) is 9.42. The van der Waals surface area contributed by atoms with Crippen molar-refractivity contribution in [3.63, 3.8) is 0 Å². The van der Waals surface area contributed by atoms with Crippen molar-refractivity contribution in [3.05, 3.63) is 39.1 Å². The SMILES string of the molecule is C[n+]1cc(=O)c2cc(Br)ccc2[nH]1. The zero-order valence-corrected chi connectivity index (χ0v) is 8.63. The first-order chi connectivity index (χ1) is 6.16. The minimum Gasteiger partial charge on any atom is -0.282 e. The van der Waals surface area contributed by atoms with Crippen LogP contribution >= 0.6 is 15.9 Å². The van der Waals surface area contributed by atoms with E-state index < -0.39 is 0 Å². The molecule has 0 radical (unpaired) electrons. The Kier molecular flexibility index (Phi) is 1.92. The van der Waals surface area contributed by atoms with Gasteiger partial charge in [0.25, 0.3) is 5.43 Å². The Hall–Kier alpha value is -1.16. The third-order valence-electron chi connectivity index (χ3n) is 1.85. The van der Waals surface area contributed by atoms with Gasteiger partial charge in [-0.1, -0.05) is 15.9 Å². The van der Waals surface area contributed by atoms with E-state index in [-0.39, 0.29) is 5.43 Å². The van der Waals surface area contributed by atoms with Crippen LogP contribution in [-0.4, -0.2) is 5.10 Å². The molecule has 0 unspecified atom stereocenters. The molecule has 0 atom stereocenters. The summed E-state index contributed by atoms with van der Waals surface area (Å²) in [6.07, 6.45) is 1.52. The molecule has 3 nitrogen and oxygen atoms in total. The minimum absolute atomic E-state index is 0.0255. The molecule has 0 fully saturated rings. The van der Waals surface area contributed by atoms with Gasteiger partial charge in [-0.2, -0.15) is 5.10 Å². The van der Waals surface area contributed by atoms with Gasteiger partial charge in [0, 0.05) is 4.47 Å². The van der Waals surface area contributed by atoms with Crippen molar-refractivity contribution in [3.8, 4) is 0 Å². The lowest BCUT2D eigenvalue weighted by Crippen LogP contribution is -2.36.